The Kier molecular flexibility index (Phi) is 4.53. The van der Waals surface area contributed by atoms with Gasteiger partial charge in [-0.1, -0.05) is 6.08 Å². The number of aromatic amines is 1. The maximum absolute atomic E-state index is 13.2. The highest BCUT2D eigenvalue weighted by Crippen LogP contribution is 2.54. The van der Waals surface area contributed by atoms with Gasteiger partial charge in [0.05, 0.1) is 5.69 Å². The molecule has 4 aliphatic rings. The fourth-order valence-corrected chi connectivity index (χ4v) is 5.83. The highest BCUT2D eigenvalue weighted by atomic mass is 19.1. The molecule has 0 bridgehead atoms. The Labute approximate surface area is 182 Å². The van der Waals surface area contributed by atoms with Crippen molar-refractivity contribution in [2.45, 2.75) is 56.4 Å². The second-order valence-corrected chi connectivity index (χ2v) is 9.67. The average molecular weight is 421 g/mol. The number of H-pyrrole nitrogens is 1. The molecule has 162 valence electrons. The second-order valence-electron chi connectivity index (χ2n) is 9.67. The molecule has 1 aliphatic heterocycles. The first-order valence-electron chi connectivity index (χ1n) is 11.7. The van der Waals surface area contributed by atoms with Crippen LogP contribution in [0.1, 0.15) is 55.6 Å². The maximum Gasteiger partial charge on any atom is 0.254 e. The van der Waals surface area contributed by atoms with E-state index in [2.05, 4.69) is 20.9 Å². The largest absolute Gasteiger partial charge is 0.369 e. The summed E-state index contributed by atoms with van der Waals surface area (Å²) in [5.74, 6) is 0.622. The summed E-state index contributed by atoms with van der Waals surface area (Å²) in [5, 5.41) is 0. The molecule has 5 nitrogen and oxygen atoms in total. The van der Waals surface area contributed by atoms with Crippen molar-refractivity contribution in [3.63, 3.8) is 0 Å². The van der Waals surface area contributed by atoms with Crippen LogP contribution < -0.4 is 10.5 Å². The zero-order valence-corrected chi connectivity index (χ0v) is 17.9. The fourth-order valence-electron chi connectivity index (χ4n) is 5.83. The van der Waals surface area contributed by atoms with E-state index < -0.39 is 0 Å². The standard InChI is InChI=1S/C25H29FN4O/c26-18-4-7-19(8-5-18)29-12-14-30(15-13-29)20-6-3-17(16-20)23-27-22-21(24(31)28-23)2-1-9-25(22)10-11-25/h4-5,7-8,16,20H,1-3,6,9-15H2,(H,27,28,31)/t20-/m1/s1. The van der Waals surface area contributed by atoms with Crippen LogP contribution in [0.15, 0.2) is 35.1 Å². The molecule has 1 spiro atoms. The molecule has 2 heterocycles. The number of anilines is 1. The molecule has 6 heteroatoms. The summed E-state index contributed by atoms with van der Waals surface area (Å²) in [6.45, 7) is 3.87. The van der Waals surface area contributed by atoms with Crippen LogP contribution in [0, 0.1) is 5.82 Å². The molecule has 1 aromatic carbocycles. The molecule has 0 unspecified atom stereocenters. The highest BCUT2D eigenvalue weighted by molar-refractivity contribution is 5.63. The van der Waals surface area contributed by atoms with Gasteiger partial charge in [-0.15, -0.1) is 0 Å². The summed E-state index contributed by atoms with van der Waals surface area (Å²) in [4.78, 5) is 25.8. The van der Waals surface area contributed by atoms with Crippen molar-refractivity contribution in [3.05, 3.63) is 63.6 Å². The fraction of sp³-hybridized carbons (Fsp3) is 0.520. The molecule has 2 fully saturated rings. The molecule has 1 atom stereocenters. The number of nitrogens with zero attached hydrogens (tertiary/aromatic N) is 3. The number of rotatable bonds is 3. The Hall–Kier alpha value is -2.47. The predicted molar refractivity (Wildman–Crippen MR) is 120 cm³/mol. The number of benzene rings is 1. The van der Waals surface area contributed by atoms with E-state index in [1.54, 1.807) is 0 Å². The Morgan fingerprint density at radius 1 is 1.03 bits per heavy atom. The summed E-state index contributed by atoms with van der Waals surface area (Å²) >= 11 is 0. The molecular formula is C25H29FN4O. The van der Waals surface area contributed by atoms with Crippen LogP contribution in [-0.2, 0) is 11.8 Å². The predicted octanol–water partition coefficient (Wildman–Crippen LogP) is 3.64. The Balaban J connectivity index is 1.17. The molecular weight excluding hydrogens is 391 g/mol. The zero-order valence-electron chi connectivity index (χ0n) is 17.9. The van der Waals surface area contributed by atoms with Gasteiger partial charge in [-0.2, -0.15) is 0 Å². The minimum absolute atomic E-state index is 0.0863. The maximum atomic E-state index is 13.2. The summed E-state index contributed by atoms with van der Waals surface area (Å²) < 4.78 is 13.2. The summed E-state index contributed by atoms with van der Waals surface area (Å²) in [6.07, 6.45) is 9.95. The topological polar surface area (TPSA) is 52.2 Å². The van der Waals surface area contributed by atoms with E-state index in [9.17, 15) is 9.18 Å². The summed E-state index contributed by atoms with van der Waals surface area (Å²) in [7, 11) is 0. The smallest absolute Gasteiger partial charge is 0.254 e. The Morgan fingerprint density at radius 3 is 2.55 bits per heavy atom. The van der Waals surface area contributed by atoms with Crippen molar-refractivity contribution in [2.75, 3.05) is 31.1 Å². The van der Waals surface area contributed by atoms with Gasteiger partial charge in [0.25, 0.3) is 5.56 Å². The zero-order chi connectivity index (χ0) is 21.0. The number of hydrogen-bond acceptors (Lipinski definition) is 4. The lowest BCUT2D eigenvalue weighted by atomic mass is 9.84. The quantitative estimate of drug-likeness (QED) is 0.824. The lowest BCUT2D eigenvalue weighted by Gasteiger charge is -2.38. The molecule has 0 amide bonds. The van der Waals surface area contributed by atoms with Crippen molar-refractivity contribution in [1.29, 1.82) is 0 Å². The second kappa shape index (κ2) is 7.30. The van der Waals surface area contributed by atoms with Gasteiger partial charge in [-0.05, 0) is 74.8 Å². The van der Waals surface area contributed by atoms with Gasteiger partial charge >= 0.3 is 0 Å². The van der Waals surface area contributed by atoms with E-state index in [4.69, 9.17) is 4.98 Å². The van der Waals surface area contributed by atoms with Gasteiger partial charge in [-0.3, -0.25) is 9.69 Å². The Bertz CT molecular complexity index is 1080. The van der Waals surface area contributed by atoms with Crippen molar-refractivity contribution in [2.24, 2.45) is 0 Å². The molecule has 0 radical (unpaired) electrons. The van der Waals surface area contributed by atoms with Crippen LogP contribution in [0.4, 0.5) is 10.1 Å². The summed E-state index contributed by atoms with van der Waals surface area (Å²) in [6, 6.07) is 7.20. The summed E-state index contributed by atoms with van der Waals surface area (Å²) in [5.41, 5.74) is 4.64. The van der Waals surface area contributed by atoms with Gasteiger partial charge in [-0.25, -0.2) is 9.37 Å². The number of fused-ring (bicyclic) bond motifs is 2. The number of halogens is 1. The number of piperazine rings is 1. The van der Waals surface area contributed by atoms with Gasteiger partial charge < -0.3 is 9.88 Å². The number of aromatic nitrogens is 2. The lowest BCUT2D eigenvalue weighted by molar-refractivity contribution is 0.214. The van der Waals surface area contributed by atoms with Gasteiger partial charge in [0.2, 0.25) is 0 Å². The molecule has 1 saturated carbocycles. The van der Waals surface area contributed by atoms with Crippen molar-refractivity contribution >= 4 is 11.3 Å². The van der Waals surface area contributed by atoms with Crippen molar-refractivity contribution in [3.8, 4) is 0 Å². The van der Waals surface area contributed by atoms with E-state index in [1.165, 1.54) is 37.0 Å². The van der Waals surface area contributed by atoms with E-state index in [0.29, 0.717) is 6.04 Å². The third-order valence-corrected chi connectivity index (χ3v) is 7.84. The minimum atomic E-state index is -0.188. The molecule has 1 saturated heterocycles. The van der Waals surface area contributed by atoms with Crippen LogP contribution in [0.3, 0.4) is 0 Å². The van der Waals surface area contributed by atoms with Gasteiger partial charge in [0, 0.05) is 48.9 Å². The van der Waals surface area contributed by atoms with E-state index in [-0.39, 0.29) is 16.8 Å². The number of allylic oxidation sites excluding steroid dienone is 1. The lowest BCUT2D eigenvalue weighted by Crippen LogP contribution is -2.49. The molecule has 3 aliphatic carbocycles. The SMILES string of the molecule is O=c1[nH]c(C2=C[C@H](N3CCN(c4ccc(F)cc4)CC3)CC2)nc2c1CCCC21CC1. The average Bonchev–Trinajstić information content (AvgIpc) is 3.38. The highest BCUT2D eigenvalue weighted by Gasteiger charge is 2.49. The normalized spacial score (nSPS) is 24.9. The molecule has 31 heavy (non-hydrogen) atoms. The number of hydrogen-bond donors (Lipinski definition) is 1. The van der Waals surface area contributed by atoms with Crippen LogP contribution in [-0.4, -0.2) is 47.1 Å². The van der Waals surface area contributed by atoms with E-state index in [0.717, 1.165) is 74.6 Å². The first-order chi connectivity index (χ1) is 15.1. The first-order valence-corrected chi connectivity index (χ1v) is 11.7. The molecule has 1 aromatic heterocycles. The Morgan fingerprint density at radius 2 is 1.81 bits per heavy atom. The van der Waals surface area contributed by atoms with Gasteiger partial charge in [0.15, 0.2) is 0 Å². The van der Waals surface area contributed by atoms with Crippen LogP contribution in [0.25, 0.3) is 5.57 Å². The van der Waals surface area contributed by atoms with E-state index in [1.807, 2.05) is 12.1 Å². The van der Waals surface area contributed by atoms with Crippen LogP contribution in [0.5, 0.6) is 0 Å². The third-order valence-electron chi connectivity index (χ3n) is 7.84. The molecule has 2 aromatic rings. The third kappa shape index (κ3) is 3.41. The first kappa shape index (κ1) is 19.2. The van der Waals surface area contributed by atoms with E-state index >= 15 is 0 Å². The minimum Gasteiger partial charge on any atom is -0.369 e. The monoisotopic (exact) mass is 420 g/mol. The molecule has 6 rings (SSSR count). The van der Waals surface area contributed by atoms with Crippen molar-refractivity contribution < 1.29 is 4.39 Å². The van der Waals surface area contributed by atoms with Crippen LogP contribution >= 0.6 is 0 Å². The van der Waals surface area contributed by atoms with Crippen LogP contribution in [0.2, 0.25) is 0 Å². The van der Waals surface area contributed by atoms with Gasteiger partial charge in [0.1, 0.15) is 11.6 Å². The van der Waals surface area contributed by atoms with Crippen molar-refractivity contribution in [1.82, 2.24) is 14.9 Å². The molecule has 1 N–H and O–H groups in total. The number of nitrogens with one attached hydrogen (secondary N) is 1.